The number of hydrogen-bond acceptors (Lipinski definition) is 6. The molecule has 6 atom stereocenters. The summed E-state index contributed by atoms with van der Waals surface area (Å²) in [5.74, 6) is -3.88. The SMILES string of the molecule is C=Cc1ccc(N2C(=O)C3CC=C4C(CC5C(=O)N(c6ccccc6)C(=O)C5(C)C4c4ccc(O)c(OCC)c4)C3C2=O)cc1. The molecule has 228 valence electrons. The number of hydrogen-bond donors (Lipinski definition) is 1. The van der Waals surface area contributed by atoms with Crippen LogP contribution in [-0.4, -0.2) is 35.3 Å². The minimum atomic E-state index is -1.17. The Morgan fingerprint density at radius 2 is 1.62 bits per heavy atom. The molecule has 4 aliphatic rings. The maximum Gasteiger partial charge on any atom is 0.241 e. The van der Waals surface area contributed by atoms with Crippen molar-refractivity contribution in [1.82, 2.24) is 0 Å². The van der Waals surface area contributed by atoms with E-state index in [1.165, 1.54) is 9.80 Å². The van der Waals surface area contributed by atoms with E-state index in [1.54, 1.807) is 60.7 Å². The number of carbonyl (C=O) groups is 4. The lowest BCUT2D eigenvalue weighted by atomic mass is 9.51. The van der Waals surface area contributed by atoms with Gasteiger partial charge in [0, 0.05) is 5.92 Å². The number of phenols is 1. The van der Waals surface area contributed by atoms with Crippen molar-refractivity contribution in [3.8, 4) is 11.5 Å². The molecule has 4 amide bonds. The van der Waals surface area contributed by atoms with E-state index in [4.69, 9.17) is 4.74 Å². The van der Waals surface area contributed by atoms with E-state index in [-0.39, 0.29) is 41.5 Å². The second-order valence-corrected chi connectivity index (χ2v) is 12.5. The van der Waals surface area contributed by atoms with Gasteiger partial charge in [0.25, 0.3) is 0 Å². The summed E-state index contributed by atoms with van der Waals surface area (Å²) in [7, 11) is 0. The van der Waals surface area contributed by atoms with Gasteiger partial charge in [-0.25, -0.2) is 4.90 Å². The van der Waals surface area contributed by atoms with Gasteiger partial charge in [-0.3, -0.25) is 24.1 Å². The van der Waals surface area contributed by atoms with Crippen LogP contribution in [0.3, 0.4) is 0 Å². The van der Waals surface area contributed by atoms with Crippen molar-refractivity contribution >= 4 is 41.1 Å². The number of amides is 4. The molecule has 0 aromatic heterocycles. The van der Waals surface area contributed by atoms with E-state index in [1.807, 2.05) is 38.1 Å². The van der Waals surface area contributed by atoms with Crippen molar-refractivity contribution in [2.24, 2.45) is 29.1 Å². The molecule has 3 aromatic carbocycles. The molecule has 0 radical (unpaired) electrons. The fourth-order valence-electron chi connectivity index (χ4n) is 8.21. The summed E-state index contributed by atoms with van der Waals surface area (Å²) >= 11 is 0. The van der Waals surface area contributed by atoms with Gasteiger partial charge in [0.2, 0.25) is 23.6 Å². The van der Waals surface area contributed by atoms with Gasteiger partial charge in [-0.2, -0.15) is 0 Å². The fourth-order valence-corrected chi connectivity index (χ4v) is 8.21. The first-order chi connectivity index (χ1) is 21.7. The molecule has 8 heteroatoms. The molecule has 1 saturated carbocycles. The first-order valence-corrected chi connectivity index (χ1v) is 15.4. The second kappa shape index (κ2) is 10.6. The molecule has 45 heavy (non-hydrogen) atoms. The number of fused-ring (bicyclic) bond motifs is 4. The standard InChI is InChI=1S/C37H34N2O6/c1-4-21-11-14-24(15-12-21)38-33(41)26-17-16-25-27(31(26)35(38)43)20-28-34(42)39(23-9-7-6-8-10-23)36(44)37(28,3)32(25)22-13-18-29(40)30(19-22)45-5-2/h4,6-16,18-19,26-28,31-32,40H,1,5,17,20H2,2-3H3. The van der Waals surface area contributed by atoms with Crippen LogP contribution in [0.25, 0.3) is 6.08 Å². The van der Waals surface area contributed by atoms with E-state index < -0.39 is 35.0 Å². The van der Waals surface area contributed by atoms with Gasteiger partial charge >= 0.3 is 0 Å². The minimum absolute atomic E-state index is 0.0261. The largest absolute Gasteiger partial charge is 0.504 e. The number of rotatable bonds is 6. The number of aromatic hydroxyl groups is 1. The van der Waals surface area contributed by atoms with Crippen LogP contribution in [0.15, 0.2) is 91.0 Å². The molecule has 0 bridgehead atoms. The third-order valence-electron chi connectivity index (χ3n) is 10.3. The first kappa shape index (κ1) is 28.8. The molecule has 8 nitrogen and oxygen atoms in total. The Morgan fingerprint density at radius 1 is 0.911 bits per heavy atom. The maximum atomic E-state index is 14.5. The van der Waals surface area contributed by atoms with E-state index in [0.717, 1.165) is 11.1 Å². The average molecular weight is 603 g/mol. The summed E-state index contributed by atoms with van der Waals surface area (Å²) in [5.41, 5.74) is 2.30. The topological polar surface area (TPSA) is 104 Å². The molecular weight excluding hydrogens is 568 g/mol. The molecule has 6 unspecified atom stereocenters. The summed E-state index contributed by atoms with van der Waals surface area (Å²) in [6.07, 6.45) is 4.34. The monoisotopic (exact) mass is 602 g/mol. The third-order valence-corrected chi connectivity index (χ3v) is 10.3. The van der Waals surface area contributed by atoms with Crippen LogP contribution in [0.1, 0.15) is 43.7 Å². The molecule has 0 spiro atoms. The van der Waals surface area contributed by atoms with Gasteiger partial charge in [0.1, 0.15) is 0 Å². The molecule has 3 aromatic rings. The van der Waals surface area contributed by atoms with Crippen LogP contribution in [0, 0.1) is 29.1 Å². The zero-order valence-electron chi connectivity index (χ0n) is 25.2. The Bertz CT molecular complexity index is 1780. The molecular formula is C37H34N2O6. The molecule has 1 N–H and O–H groups in total. The highest BCUT2D eigenvalue weighted by atomic mass is 16.5. The molecule has 2 saturated heterocycles. The van der Waals surface area contributed by atoms with Gasteiger partial charge in [0.15, 0.2) is 11.5 Å². The van der Waals surface area contributed by atoms with Gasteiger partial charge in [-0.1, -0.05) is 60.7 Å². The Kier molecular flexibility index (Phi) is 6.76. The molecule has 7 rings (SSSR count). The van der Waals surface area contributed by atoms with E-state index >= 15 is 0 Å². The Morgan fingerprint density at radius 3 is 2.31 bits per heavy atom. The number of imide groups is 2. The normalized spacial score (nSPS) is 28.8. The number of phenolic OH excluding ortho intramolecular Hbond substituents is 1. The van der Waals surface area contributed by atoms with Crippen molar-refractivity contribution in [3.63, 3.8) is 0 Å². The van der Waals surface area contributed by atoms with Crippen molar-refractivity contribution in [2.75, 3.05) is 16.4 Å². The fraction of sp³-hybridized carbons (Fsp3) is 0.297. The van der Waals surface area contributed by atoms with Gasteiger partial charge < -0.3 is 9.84 Å². The summed E-state index contributed by atoms with van der Waals surface area (Å²) in [5, 5.41) is 10.5. The van der Waals surface area contributed by atoms with Crippen LogP contribution in [-0.2, 0) is 19.2 Å². The highest BCUT2D eigenvalue weighted by Crippen LogP contribution is 2.64. The Hall–Kier alpha value is -4.98. The van der Waals surface area contributed by atoms with Crippen molar-refractivity contribution in [3.05, 3.63) is 102 Å². The van der Waals surface area contributed by atoms with E-state index in [0.29, 0.717) is 30.0 Å². The number of para-hydroxylation sites is 1. The Labute approximate surface area is 261 Å². The maximum absolute atomic E-state index is 14.5. The van der Waals surface area contributed by atoms with Gasteiger partial charge in [-0.15, -0.1) is 0 Å². The highest BCUT2D eigenvalue weighted by Gasteiger charge is 2.67. The average Bonchev–Trinajstić information content (AvgIpc) is 3.42. The summed E-state index contributed by atoms with van der Waals surface area (Å²) in [6, 6.07) is 21.1. The number of nitrogens with zero attached hydrogens (tertiary/aromatic N) is 2. The zero-order chi connectivity index (χ0) is 31.6. The molecule has 2 aliphatic carbocycles. The molecule has 3 fully saturated rings. The second-order valence-electron chi connectivity index (χ2n) is 12.5. The van der Waals surface area contributed by atoms with E-state index in [9.17, 15) is 24.3 Å². The molecule has 2 heterocycles. The number of anilines is 2. The minimum Gasteiger partial charge on any atom is -0.504 e. The number of carbonyl (C=O) groups excluding carboxylic acids is 4. The van der Waals surface area contributed by atoms with Crippen molar-refractivity contribution < 1.29 is 29.0 Å². The molecule has 2 aliphatic heterocycles. The first-order valence-electron chi connectivity index (χ1n) is 15.4. The predicted molar refractivity (Wildman–Crippen MR) is 169 cm³/mol. The lowest BCUT2D eigenvalue weighted by Gasteiger charge is -2.49. The lowest BCUT2D eigenvalue weighted by molar-refractivity contribution is -0.131. The van der Waals surface area contributed by atoms with Gasteiger partial charge in [-0.05, 0) is 80.1 Å². The lowest BCUT2D eigenvalue weighted by Crippen LogP contribution is -2.48. The number of benzene rings is 3. The van der Waals surface area contributed by atoms with Crippen LogP contribution in [0.5, 0.6) is 11.5 Å². The van der Waals surface area contributed by atoms with Crippen LogP contribution >= 0.6 is 0 Å². The summed E-state index contributed by atoms with van der Waals surface area (Å²) in [4.78, 5) is 59.4. The smallest absolute Gasteiger partial charge is 0.241 e. The Balaban J connectivity index is 1.36. The van der Waals surface area contributed by atoms with Crippen molar-refractivity contribution in [2.45, 2.75) is 32.6 Å². The summed E-state index contributed by atoms with van der Waals surface area (Å²) in [6.45, 7) is 7.77. The van der Waals surface area contributed by atoms with Crippen LogP contribution in [0.4, 0.5) is 11.4 Å². The quantitative estimate of drug-likeness (QED) is 0.280. The third kappa shape index (κ3) is 4.11. The van der Waals surface area contributed by atoms with Crippen LogP contribution in [0.2, 0.25) is 0 Å². The zero-order valence-corrected chi connectivity index (χ0v) is 25.2. The highest BCUT2D eigenvalue weighted by molar-refractivity contribution is 6.25. The summed E-state index contributed by atoms with van der Waals surface area (Å²) < 4.78 is 5.72. The number of allylic oxidation sites excluding steroid dienone is 2. The van der Waals surface area contributed by atoms with E-state index in [2.05, 4.69) is 6.58 Å². The van der Waals surface area contributed by atoms with Crippen molar-refractivity contribution in [1.29, 1.82) is 0 Å². The van der Waals surface area contributed by atoms with Crippen LogP contribution < -0.4 is 14.5 Å². The van der Waals surface area contributed by atoms with Gasteiger partial charge in [0.05, 0.1) is 41.2 Å². The number of ether oxygens (including phenoxy) is 1. The predicted octanol–water partition coefficient (Wildman–Crippen LogP) is 5.87.